The number of aromatic nitrogens is 3. The second-order valence-corrected chi connectivity index (χ2v) is 8.01. The molecule has 3 rings (SSSR count). The quantitative estimate of drug-likeness (QED) is 0.747. The number of thioether (sulfide) groups is 1. The van der Waals surface area contributed by atoms with E-state index in [1.54, 1.807) is 4.90 Å². The van der Waals surface area contributed by atoms with Gasteiger partial charge in [-0.15, -0.1) is 5.10 Å². The predicted octanol–water partition coefficient (Wildman–Crippen LogP) is 1.26. The molecule has 2 aromatic rings. The van der Waals surface area contributed by atoms with Gasteiger partial charge in [-0.3, -0.25) is 9.89 Å². The van der Waals surface area contributed by atoms with Crippen molar-refractivity contribution >= 4 is 17.7 Å². The minimum atomic E-state index is -0.177. The van der Waals surface area contributed by atoms with Gasteiger partial charge in [0.05, 0.1) is 38.0 Å². The third-order valence-electron chi connectivity index (χ3n) is 5.01. The van der Waals surface area contributed by atoms with Crippen molar-refractivity contribution in [3.05, 3.63) is 29.8 Å². The molecule has 1 amide bonds. The molecule has 1 fully saturated rings. The number of likely N-dealkylation sites (N-methyl/N-ethyl adjacent to an activating group) is 1. The Morgan fingerprint density at radius 1 is 1.27 bits per heavy atom. The maximum atomic E-state index is 12.7. The van der Waals surface area contributed by atoms with Crippen LogP contribution in [-0.2, 0) is 11.2 Å². The number of nitrogens with zero attached hydrogens (tertiary/aromatic N) is 3. The normalized spacial score (nSPS) is 16.7. The standard InChI is InChI=1S/C19H27N5OS/c1-4-15-6-8-16(9-7-15)17-20-19(22-21-17)26-14(3)18(25)24-12-10-23(5-2)11-13-24/h6-9,14H,4-5,10-13H2,1-3H3,(H,20,21,22)/p+1/t14-/m0/s1. The molecule has 1 saturated heterocycles. The Kier molecular flexibility index (Phi) is 6.32. The molecule has 0 radical (unpaired) electrons. The molecular weight excluding hydrogens is 346 g/mol. The van der Waals surface area contributed by atoms with Gasteiger partial charge in [-0.25, -0.2) is 4.98 Å². The fourth-order valence-corrected chi connectivity index (χ4v) is 4.00. The Morgan fingerprint density at radius 3 is 2.58 bits per heavy atom. The fraction of sp³-hybridized carbons (Fsp3) is 0.526. The highest BCUT2D eigenvalue weighted by molar-refractivity contribution is 8.00. The van der Waals surface area contributed by atoms with Crippen LogP contribution in [0, 0.1) is 0 Å². The van der Waals surface area contributed by atoms with E-state index in [-0.39, 0.29) is 11.2 Å². The molecule has 1 aliphatic heterocycles. The average Bonchev–Trinajstić information content (AvgIpc) is 3.16. The van der Waals surface area contributed by atoms with Crippen LogP contribution in [0.15, 0.2) is 29.4 Å². The number of carbonyl (C=O) groups excluding carboxylic acids is 1. The number of piperazine rings is 1. The SMILES string of the molecule is CCc1ccc(-c2nc(S[C@@H](C)C(=O)N3CC[NH+](CC)CC3)n[nH]2)cc1. The van der Waals surface area contributed by atoms with Gasteiger partial charge >= 0.3 is 0 Å². The van der Waals surface area contributed by atoms with Gasteiger partial charge in [-0.2, -0.15) is 0 Å². The third kappa shape index (κ3) is 4.45. The Morgan fingerprint density at radius 2 is 1.96 bits per heavy atom. The van der Waals surface area contributed by atoms with Gasteiger partial charge in [0.1, 0.15) is 0 Å². The maximum absolute atomic E-state index is 12.7. The summed E-state index contributed by atoms with van der Waals surface area (Å²) < 4.78 is 0. The molecule has 7 heteroatoms. The van der Waals surface area contributed by atoms with Crippen molar-refractivity contribution in [2.45, 2.75) is 37.6 Å². The van der Waals surface area contributed by atoms with Gasteiger partial charge in [-0.05, 0) is 25.8 Å². The van der Waals surface area contributed by atoms with Crippen molar-refractivity contribution in [1.29, 1.82) is 0 Å². The number of hydrogen-bond acceptors (Lipinski definition) is 4. The third-order valence-corrected chi connectivity index (χ3v) is 5.96. The van der Waals surface area contributed by atoms with Crippen LogP contribution in [0.3, 0.4) is 0 Å². The van der Waals surface area contributed by atoms with E-state index in [0.29, 0.717) is 5.16 Å². The average molecular weight is 375 g/mol. The van der Waals surface area contributed by atoms with Crippen LogP contribution in [0.4, 0.5) is 0 Å². The van der Waals surface area contributed by atoms with E-state index in [0.717, 1.165) is 50.5 Å². The number of carbonyl (C=O) groups is 1. The number of benzene rings is 1. The van der Waals surface area contributed by atoms with Crippen LogP contribution in [0.1, 0.15) is 26.3 Å². The smallest absolute Gasteiger partial charge is 0.236 e. The molecular formula is C19H28N5OS+. The van der Waals surface area contributed by atoms with Crippen molar-refractivity contribution in [3.63, 3.8) is 0 Å². The highest BCUT2D eigenvalue weighted by Crippen LogP contribution is 2.24. The number of H-pyrrole nitrogens is 1. The monoisotopic (exact) mass is 374 g/mol. The van der Waals surface area contributed by atoms with Crippen LogP contribution >= 0.6 is 11.8 Å². The van der Waals surface area contributed by atoms with Crippen LogP contribution in [-0.4, -0.2) is 64.0 Å². The zero-order valence-electron chi connectivity index (χ0n) is 15.8. The first-order chi connectivity index (χ1) is 12.6. The summed E-state index contributed by atoms with van der Waals surface area (Å²) in [5.74, 6) is 0.929. The molecule has 0 spiro atoms. The summed E-state index contributed by atoms with van der Waals surface area (Å²) in [7, 11) is 0. The molecule has 1 aromatic carbocycles. The van der Waals surface area contributed by atoms with Crippen molar-refractivity contribution in [2.75, 3.05) is 32.7 Å². The largest absolute Gasteiger partial charge is 0.332 e. The van der Waals surface area contributed by atoms with E-state index in [2.05, 4.69) is 53.3 Å². The first kappa shape index (κ1) is 18.9. The second-order valence-electron chi connectivity index (χ2n) is 6.71. The van der Waals surface area contributed by atoms with E-state index < -0.39 is 0 Å². The lowest BCUT2D eigenvalue weighted by atomic mass is 10.1. The van der Waals surface area contributed by atoms with E-state index in [1.165, 1.54) is 17.3 Å². The van der Waals surface area contributed by atoms with Crippen molar-refractivity contribution in [3.8, 4) is 11.4 Å². The van der Waals surface area contributed by atoms with Crippen LogP contribution < -0.4 is 4.90 Å². The van der Waals surface area contributed by atoms with Crippen molar-refractivity contribution in [2.24, 2.45) is 0 Å². The number of aryl methyl sites for hydroxylation is 1. The molecule has 0 unspecified atom stereocenters. The van der Waals surface area contributed by atoms with Gasteiger partial charge in [0.15, 0.2) is 5.82 Å². The summed E-state index contributed by atoms with van der Waals surface area (Å²) in [4.78, 5) is 20.8. The molecule has 0 bridgehead atoms. The lowest BCUT2D eigenvalue weighted by Crippen LogP contribution is -3.14. The first-order valence-electron chi connectivity index (χ1n) is 9.41. The van der Waals surface area contributed by atoms with Crippen LogP contribution in [0.5, 0.6) is 0 Å². The molecule has 2 heterocycles. The van der Waals surface area contributed by atoms with E-state index in [4.69, 9.17) is 0 Å². The highest BCUT2D eigenvalue weighted by Gasteiger charge is 2.27. The number of aromatic amines is 1. The van der Waals surface area contributed by atoms with Gasteiger partial charge in [-0.1, -0.05) is 43.0 Å². The summed E-state index contributed by atoms with van der Waals surface area (Å²) in [6, 6.07) is 8.32. The van der Waals surface area contributed by atoms with E-state index >= 15 is 0 Å². The van der Waals surface area contributed by atoms with Crippen LogP contribution in [0.2, 0.25) is 0 Å². The molecule has 0 saturated carbocycles. The minimum absolute atomic E-state index is 0.177. The number of rotatable bonds is 6. The summed E-state index contributed by atoms with van der Waals surface area (Å²) in [6.07, 6.45) is 1.02. The van der Waals surface area contributed by atoms with E-state index in [9.17, 15) is 4.79 Å². The molecule has 2 N–H and O–H groups in total. The molecule has 1 atom stereocenters. The first-order valence-corrected chi connectivity index (χ1v) is 10.3. The highest BCUT2D eigenvalue weighted by atomic mass is 32.2. The lowest BCUT2D eigenvalue weighted by molar-refractivity contribution is -0.902. The topological polar surface area (TPSA) is 66.3 Å². The van der Waals surface area contributed by atoms with Gasteiger partial charge < -0.3 is 9.80 Å². The minimum Gasteiger partial charge on any atom is -0.332 e. The summed E-state index contributed by atoms with van der Waals surface area (Å²) >= 11 is 1.42. The zero-order valence-corrected chi connectivity index (χ0v) is 16.6. The second kappa shape index (κ2) is 8.68. The Hall–Kier alpha value is -1.86. The summed E-state index contributed by atoms with van der Waals surface area (Å²) in [5.41, 5.74) is 2.31. The molecule has 140 valence electrons. The molecule has 26 heavy (non-hydrogen) atoms. The number of nitrogens with one attached hydrogen (secondary N) is 2. The number of amides is 1. The molecule has 6 nitrogen and oxygen atoms in total. The summed E-state index contributed by atoms with van der Waals surface area (Å²) in [6.45, 7) is 11.2. The molecule has 1 aliphatic rings. The maximum Gasteiger partial charge on any atom is 0.236 e. The Labute approximate surface area is 159 Å². The van der Waals surface area contributed by atoms with Crippen molar-refractivity contribution in [1.82, 2.24) is 20.1 Å². The fourth-order valence-electron chi connectivity index (χ4n) is 3.19. The molecule has 0 aliphatic carbocycles. The van der Waals surface area contributed by atoms with Crippen molar-refractivity contribution < 1.29 is 9.69 Å². The zero-order chi connectivity index (χ0) is 18.5. The predicted molar refractivity (Wildman–Crippen MR) is 104 cm³/mol. The van der Waals surface area contributed by atoms with E-state index in [1.807, 2.05) is 11.8 Å². The Bertz CT molecular complexity index is 722. The van der Waals surface area contributed by atoms with Gasteiger partial charge in [0.25, 0.3) is 0 Å². The lowest BCUT2D eigenvalue weighted by Gasteiger charge is -2.32. The molecule has 1 aromatic heterocycles. The van der Waals surface area contributed by atoms with Gasteiger partial charge in [0, 0.05) is 5.56 Å². The Balaban J connectivity index is 1.58. The summed E-state index contributed by atoms with van der Waals surface area (Å²) in [5, 5.41) is 7.71. The van der Waals surface area contributed by atoms with Gasteiger partial charge in [0.2, 0.25) is 11.1 Å². The number of hydrogen-bond donors (Lipinski definition) is 2. The van der Waals surface area contributed by atoms with Crippen LogP contribution in [0.25, 0.3) is 11.4 Å². The number of quaternary nitrogens is 1.